The highest BCUT2D eigenvalue weighted by Crippen LogP contribution is 2.29. The van der Waals surface area contributed by atoms with E-state index in [1.54, 1.807) is 25.2 Å². The second kappa shape index (κ2) is 8.85. The number of carbonyl (C=O) groups excluding carboxylic acids is 2. The Kier molecular flexibility index (Phi) is 6.82. The molecular formula is C18H20Cl2N3O2+. The SMILES string of the molecule is Cc1cccc(NC(=O)C[NH+](C)CC(=O)Nc2c(Cl)cccc2Cl)c1. The van der Waals surface area contributed by atoms with Gasteiger partial charge >= 0.3 is 0 Å². The van der Waals surface area contributed by atoms with Crippen molar-refractivity contribution in [1.82, 2.24) is 0 Å². The van der Waals surface area contributed by atoms with E-state index in [1.165, 1.54) is 0 Å². The summed E-state index contributed by atoms with van der Waals surface area (Å²) in [6.45, 7) is 2.23. The standard InChI is InChI=1S/C18H19Cl2N3O2/c1-12-5-3-6-13(9-12)21-16(24)10-23(2)11-17(25)22-18-14(19)7-4-8-15(18)20/h3-9H,10-11H2,1-2H3,(H,21,24)(H,22,25)/p+1. The molecule has 7 heteroatoms. The Bertz CT molecular complexity index is 760. The van der Waals surface area contributed by atoms with Crippen LogP contribution in [0.15, 0.2) is 42.5 Å². The van der Waals surface area contributed by atoms with Crippen molar-refractivity contribution in [1.29, 1.82) is 0 Å². The molecule has 0 bridgehead atoms. The third-order valence-corrected chi connectivity index (χ3v) is 4.08. The minimum atomic E-state index is -0.268. The first-order chi connectivity index (χ1) is 11.8. The zero-order valence-corrected chi connectivity index (χ0v) is 15.5. The third kappa shape index (κ3) is 6.05. The Labute approximate surface area is 156 Å². The summed E-state index contributed by atoms with van der Waals surface area (Å²) in [5.74, 6) is -0.428. The second-order valence-electron chi connectivity index (χ2n) is 5.87. The second-order valence-corrected chi connectivity index (χ2v) is 6.69. The average Bonchev–Trinajstić information content (AvgIpc) is 2.50. The van der Waals surface area contributed by atoms with Gasteiger partial charge in [0, 0.05) is 5.69 Å². The summed E-state index contributed by atoms with van der Waals surface area (Å²) >= 11 is 12.1. The molecule has 5 nitrogen and oxygen atoms in total. The first kappa shape index (κ1) is 19.2. The number of aryl methyl sites for hydroxylation is 1. The number of rotatable bonds is 6. The van der Waals surface area contributed by atoms with Crippen molar-refractivity contribution in [2.24, 2.45) is 0 Å². The minimum absolute atomic E-state index is 0.114. The third-order valence-electron chi connectivity index (χ3n) is 3.45. The van der Waals surface area contributed by atoms with E-state index < -0.39 is 0 Å². The lowest BCUT2D eigenvalue weighted by atomic mass is 10.2. The van der Waals surface area contributed by atoms with Gasteiger partial charge in [-0.15, -0.1) is 0 Å². The van der Waals surface area contributed by atoms with Crippen LogP contribution in [0.5, 0.6) is 0 Å². The van der Waals surface area contributed by atoms with Gasteiger partial charge in [-0.25, -0.2) is 0 Å². The Morgan fingerprint density at radius 1 is 0.960 bits per heavy atom. The van der Waals surface area contributed by atoms with Gasteiger partial charge in [0.25, 0.3) is 11.8 Å². The molecule has 2 aromatic rings. The molecule has 0 saturated heterocycles. The molecule has 0 aliphatic rings. The number of halogens is 2. The average molecular weight is 381 g/mol. The lowest BCUT2D eigenvalue weighted by Gasteiger charge is -2.15. The molecule has 0 aliphatic heterocycles. The quantitative estimate of drug-likeness (QED) is 0.720. The Hall–Kier alpha value is -2.08. The van der Waals surface area contributed by atoms with Gasteiger partial charge in [-0.1, -0.05) is 41.4 Å². The number of likely N-dealkylation sites (N-methyl/N-ethyl adjacent to an activating group) is 1. The lowest BCUT2D eigenvalue weighted by molar-refractivity contribution is -0.862. The van der Waals surface area contributed by atoms with Crippen molar-refractivity contribution in [3.63, 3.8) is 0 Å². The molecule has 1 atom stereocenters. The maximum atomic E-state index is 12.1. The number of hydrogen-bond acceptors (Lipinski definition) is 2. The summed E-state index contributed by atoms with van der Waals surface area (Å²) in [7, 11) is 1.77. The van der Waals surface area contributed by atoms with E-state index in [0.29, 0.717) is 15.7 Å². The van der Waals surface area contributed by atoms with Gasteiger partial charge < -0.3 is 15.5 Å². The molecule has 0 fully saturated rings. The number of para-hydroxylation sites is 1. The molecular weight excluding hydrogens is 361 g/mol. The Morgan fingerprint density at radius 2 is 1.52 bits per heavy atom. The highest BCUT2D eigenvalue weighted by Gasteiger charge is 2.16. The van der Waals surface area contributed by atoms with Crippen molar-refractivity contribution in [2.75, 3.05) is 30.8 Å². The van der Waals surface area contributed by atoms with Crippen LogP contribution in [-0.2, 0) is 9.59 Å². The van der Waals surface area contributed by atoms with Crippen LogP contribution in [0.25, 0.3) is 0 Å². The highest BCUT2D eigenvalue weighted by atomic mass is 35.5. The number of hydrogen-bond donors (Lipinski definition) is 3. The summed E-state index contributed by atoms with van der Waals surface area (Å²) in [5, 5.41) is 6.25. The maximum Gasteiger partial charge on any atom is 0.279 e. The predicted molar refractivity (Wildman–Crippen MR) is 102 cm³/mol. The van der Waals surface area contributed by atoms with E-state index >= 15 is 0 Å². The molecule has 0 radical (unpaired) electrons. The molecule has 3 N–H and O–H groups in total. The summed E-state index contributed by atoms with van der Waals surface area (Å²) < 4.78 is 0. The number of amides is 2. The maximum absolute atomic E-state index is 12.1. The fourth-order valence-corrected chi connectivity index (χ4v) is 2.83. The molecule has 0 aromatic heterocycles. The number of benzene rings is 2. The predicted octanol–water partition coefficient (Wildman–Crippen LogP) is 2.39. The van der Waals surface area contributed by atoms with Crippen LogP contribution >= 0.6 is 23.2 Å². The van der Waals surface area contributed by atoms with Crippen molar-refractivity contribution >= 4 is 46.4 Å². The molecule has 25 heavy (non-hydrogen) atoms. The summed E-state index contributed by atoms with van der Waals surface area (Å²) in [4.78, 5) is 24.9. The van der Waals surface area contributed by atoms with Gasteiger partial charge in [-0.2, -0.15) is 0 Å². The molecule has 1 unspecified atom stereocenters. The molecule has 2 aromatic carbocycles. The molecule has 0 spiro atoms. The van der Waals surface area contributed by atoms with Gasteiger partial charge in [-0.3, -0.25) is 9.59 Å². The zero-order valence-electron chi connectivity index (χ0n) is 14.0. The van der Waals surface area contributed by atoms with Crippen LogP contribution in [0, 0.1) is 6.92 Å². The molecule has 2 rings (SSSR count). The Balaban J connectivity index is 1.86. The topological polar surface area (TPSA) is 62.6 Å². The smallest absolute Gasteiger partial charge is 0.279 e. The van der Waals surface area contributed by atoms with Gasteiger partial charge in [0.15, 0.2) is 13.1 Å². The van der Waals surface area contributed by atoms with Crippen LogP contribution < -0.4 is 15.5 Å². The molecule has 2 amide bonds. The zero-order chi connectivity index (χ0) is 18.4. The largest absolute Gasteiger partial charge is 0.322 e. The van der Waals surface area contributed by atoms with Crippen molar-refractivity contribution in [3.8, 4) is 0 Å². The van der Waals surface area contributed by atoms with Crippen molar-refractivity contribution < 1.29 is 14.5 Å². The van der Waals surface area contributed by atoms with Crippen LogP contribution in [0.3, 0.4) is 0 Å². The van der Waals surface area contributed by atoms with E-state index in [-0.39, 0.29) is 24.9 Å². The molecule has 0 saturated carbocycles. The fourth-order valence-electron chi connectivity index (χ4n) is 2.34. The molecule has 0 aliphatic carbocycles. The van der Waals surface area contributed by atoms with E-state index in [1.807, 2.05) is 31.2 Å². The van der Waals surface area contributed by atoms with E-state index in [9.17, 15) is 9.59 Å². The number of nitrogens with one attached hydrogen (secondary N) is 3. The van der Waals surface area contributed by atoms with Gasteiger partial charge in [0.2, 0.25) is 0 Å². The summed E-state index contributed by atoms with van der Waals surface area (Å²) in [6.07, 6.45) is 0. The fraction of sp³-hybridized carbons (Fsp3) is 0.222. The van der Waals surface area contributed by atoms with Crippen LogP contribution in [0.1, 0.15) is 5.56 Å². The minimum Gasteiger partial charge on any atom is -0.322 e. The van der Waals surface area contributed by atoms with Gasteiger partial charge in [-0.05, 0) is 36.8 Å². The van der Waals surface area contributed by atoms with Gasteiger partial charge in [0.05, 0.1) is 22.8 Å². The number of quaternary nitrogens is 1. The van der Waals surface area contributed by atoms with Crippen LogP contribution in [0.4, 0.5) is 11.4 Å². The normalized spacial score (nSPS) is 11.7. The van der Waals surface area contributed by atoms with E-state index in [0.717, 1.165) is 16.2 Å². The van der Waals surface area contributed by atoms with Crippen LogP contribution in [0.2, 0.25) is 10.0 Å². The molecule has 132 valence electrons. The van der Waals surface area contributed by atoms with E-state index in [2.05, 4.69) is 10.6 Å². The van der Waals surface area contributed by atoms with Gasteiger partial charge in [0.1, 0.15) is 0 Å². The van der Waals surface area contributed by atoms with Crippen molar-refractivity contribution in [2.45, 2.75) is 6.92 Å². The lowest BCUT2D eigenvalue weighted by Crippen LogP contribution is -3.11. The summed E-state index contributed by atoms with van der Waals surface area (Å²) in [6, 6.07) is 12.5. The Morgan fingerprint density at radius 3 is 2.12 bits per heavy atom. The number of carbonyl (C=O) groups is 2. The van der Waals surface area contributed by atoms with Crippen molar-refractivity contribution in [3.05, 3.63) is 58.1 Å². The first-order valence-corrected chi connectivity index (χ1v) is 8.52. The molecule has 0 heterocycles. The summed E-state index contributed by atoms with van der Waals surface area (Å²) in [5.41, 5.74) is 2.19. The van der Waals surface area contributed by atoms with Crippen LogP contribution in [-0.4, -0.2) is 32.0 Å². The first-order valence-electron chi connectivity index (χ1n) is 7.77. The van der Waals surface area contributed by atoms with E-state index in [4.69, 9.17) is 23.2 Å². The highest BCUT2D eigenvalue weighted by molar-refractivity contribution is 6.39. The number of anilines is 2. The monoisotopic (exact) mass is 380 g/mol.